The van der Waals surface area contributed by atoms with E-state index >= 15 is 0 Å². The lowest BCUT2D eigenvalue weighted by atomic mass is 10.2. The van der Waals surface area contributed by atoms with Crippen LogP contribution in [0.4, 0.5) is 0 Å². The molecular formula is C10H6BrNO3. The lowest BCUT2D eigenvalue weighted by Gasteiger charge is -1.93. The van der Waals surface area contributed by atoms with Crippen LogP contribution in [0.1, 0.15) is 0 Å². The zero-order chi connectivity index (χ0) is 11.0. The number of H-pyrrole nitrogens is 1. The number of fused-ring (bicyclic) bond motifs is 1. The lowest BCUT2D eigenvalue weighted by Crippen LogP contribution is -2.00. The van der Waals surface area contributed by atoms with Gasteiger partial charge in [0.05, 0.1) is 5.52 Å². The van der Waals surface area contributed by atoms with Gasteiger partial charge in [-0.25, -0.2) is 0 Å². The first-order chi connectivity index (χ1) is 7.09. The van der Waals surface area contributed by atoms with Crippen LogP contribution in [0.5, 0.6) is 5.75 Å². The van der Waals surface area contributed by atoms with Crippen molar-refractivity contribution in [3.05, 3.63) is 49.3 Å². The second kappa shape index (κ2) is 3.51. The van der Waals surface area contributed by atoms with E-state index < -0.39 is 16.7 Å². The van der Waals surface area contributed by atoms with Crippen molar-refractivity contribution in [2.45, 2.75) is 0 Å². The minimum atomic E-state index is -0.686. The second-order valence-corrected chi connectivity index (χ2v) is 3.86. The Labute approximate surface area is 92.3 Å². The van der Waals surface area contributed by atoms with Gasteiger partial charge in [0.15, 0.2) is 11.2 Å². The quantitative estimate of drug-likeness (QED) is 0.757. The third kappa shape index (κ3) is 1.66. The standard InChI is InChI=1S/C10H6BrNO3/c11-6-3-1-2-5-7(13)4-8(14)10(15)12-9(5)6/h1-4,14H,(H,12,15). The molecule has 0 aliphatic rings. The molecule has 1 aromatic heterocycles. The molecule has 2 rings (SSSR count). The molecule has 2 aromatic rings. The van der Waals surface area contributed by atoms with E-state index in [2.05, 4.69) is 20.9 Å². The summed E-state index contributed by atoms with van der Waals surface area (Å²) in [5, 5.41) is 9.55. The van der Waals surface area contributed by atoms with Crippen molar-refractivity contribution in [3.63, 3.8) is 0 Å². The maximum atomic E-state index is 11.6. The smallest absolute Gasteiger partial charge is 0.290 e. The molecule has 0 aliphatic carbocycles. The van der Waals surface area contributed by atoms with Gasteiger partial charge in [0.2, 0.25) is 0 Å². The van der Waals surface area contributed by atoms with Crippen molar-refractivity contribution in [1.29, 1.82) is 0 Å². The number of hydrogen-bond acceptors (Lipinski definition) is 3. The summed E-state index contributed by atoms with van der Waals surface area (Å²) >= 11 is 3.22. The van der Waals surface area contributed by atoms with E-state index in [4.69, 9.17) is 0 Å². The Morgan fingerprint density at radius 2 is 2.00 bits per heavy atom. The van der Waals surface area contributed by atoms with Crippen molar-refractivity contribution in [3.8, 4) is 5.75 Å². The normalized spacial score (nSPS) is 10.5. The Hall–Kier alpha value is -1.62. The Kier molecular flexibility index (Phi) is 2.32. The number of aromatic amines is 1. The molecule has 0 bridgehead atoms. The van der Waals surface area contributed by atoms with Gasteiger partial charge in [0.25, 0.3) is 5.56 Å². The zero-order valence-corrected chi connectivity index (χ0v) is 9.04. The molecular weight excluding hydrogens is 262 g/mol. The van der Waals surface area contributed by atoms with Crippen molar-refractivity contribution >= 4 is 26.8 Å². The highest BCUT2D eigenvalue weighted by atomic mass is 79.9. The predicted octanol–water partition coefficient (Wildman–Crippen LogP) is 1.36. The molecule has 0 amide bonds. The van der Waals surface area contributed by atoms with E-state index in [-0.39, 0.29) is 0 Å². The number of rotatable bonds is 0. The fourth-order valence-electron chi connectivity index (χ4n) is 1.30. The van der Waals surface area contributed by atoms with Crippen molar-refractivity contribution in [2.24, 2.45) is 0 Å². The summed E-state index contributed by atoms with van der Waals surface area (Å²) < 4.78 is 0.602. The monoisotopic (exact) mass is 267 g/mol. The topological polar surface area (TPSA) is 70.2 Å². The minimum Gasteiger partial charge on any atom is -0.503 e. The van der Waals surface area contributed by atoms with Crippen molar-refractivity contribution in [1.82, 2.24) is 4.98 Å². The third-order valence-corrected chi connectivity index (χ3v) is 2.68. The number of nitrogens with one attached hydrogen (secondary N) is 1. The molecule has 0 atom stereocenters. The van der Waals surface area contributed by atoms with E-state index in [9.17, 15) is 14.7 Å². The first kappa shape index (κ1) is 9.92. The first-order valence-electron chi connectivity index (χ1n) is 4.14. The average molecular weight is 268 g/mol. The molecule has 2 N–H and O–H groups in total. The number of halogens is 1. The van der Waals surface area contributed by atoms with E-state index in [1.165, 1.54) is 0 Å². The number of aromatic nitrogens is 1. The SMILES string of the molecule is O=c1[nH]c2c(Br)cccc2c(=O)cc1O. The molecule has 1 aromatic carbocycles. The van der Waals surface area contributed by atoms with E-state index in [0.29, 0.717) is 15.4 Å². The van der Waals surface area contributed by atoms with Crippen LogP contribution >= 0.6 is 15.9 Å². The molecule has 15 heavy (non-hydrogen) atoms. The Morgan fingerprint density at radius 1 is 1.27 bits per heavy atom. The summed E-state index contributed by atoms with van der Waals surface area (Å²) in [6.07, 6.45) is 0. The van der Waals surface area contributed by atoms with Crippen LogP contribution in [-0.2, 0) is 0 Å². The largest absolute Gasteiger partial charge is 0.503 e. The van der Waals surface area contributed by atoms with Gasteiger partial charge in [0, 0.05) is 15.9 Å². The molecule has 0 aliphatic heterocycles. The molecule has 1 heterocycles. The van der Waals surface area contributed by atoms with Gasteiger partial charge in [-0.15, -0.1) is 0 Å². The third-order valence-electron chi connectivity index (χ3n) is 2.02. The molecule has 4 nitrogen and oxygen atoms in total. The van der Waals surface area contributed by atoms with Crippen molar-refractivity contribution in [2.75, 3.05) is 0 Å². The van der Waals surface area contributed by atoms with Crippen LogP contribution < -0.4 is 11.0 Å². The first-order valence-corrected chi connectivity index (χ1v) is 4.94. The van der Waals surface area contributed by atoms with Crippen LogP contribution in [0.2, 0.25) is 0 Å². The van der Waals surface area contributed by atoms with Gasteiger partial charge in [-0.1, -0.05) is 6.07 Å². The molecule has 0 unspecified atom stereocenters. The Balaban J connectivity index is 3.17. The van der Waals surface area contributed by atoms with Crippen molar-refractivity contribution < 1.29 is 5.11 Å². The molecule has 5 heteroatoms. The van der Waals surface area contributed by atoms with Crippen LogP contribution in [-0.4, -0.2) is 10.1 Å². The van der Waals surface area contributed by atoms with Crippen LogP contribution in [0, 0.1) is 0 Å². The molecule has 0 fully saturated rings. The van der Waals surface area contributed by atoms with E-state index in [1.54, 1.807) is 18.2 Å². The minimum absolute atomic E-state index is 0.349. The fourth-order valence-corrected chi connectivity index (χ4v) is 1.77. The Bertz CT molecular complexity index is 648. The summed E-state index contributed by atoms with van der Waals surface area (Å²) in [4.78, 5) is 25.3. The molecule has 76 valence electrons. The van der Waals surface area contributed by atoms with E-state index in [1.807, 2.05) is 0 Å². The number of hydrogen-bond donors (Lipinski definition) is 2. The van der Waals surface area contributed by atoms with E-state index in [0.717, 1.165) is 6.07 Å². The lowest BCUT2D eigenvalue weighted by molar-refractivity contribution is 0.468. The van der Waals surface area contributed by atoms with Gasteiger partial charge < -0.3 is 10.1 Å². The summed E-state index contributed by atoms with van der Waals surface area (Å²) in [7, 11) is 0. The highest BCUT2D eigenvalue weighted by molar-refractivity contribution is 9.10. The Morgan fingerprint density at radius 3 is 2.73 bits per heavy atom. The van der Waals surface area contributed by atoms with Gasteiger partial charge in [0.1, 0.15) is 0 Å². The number of aromatic hydroxyl groups is 1. The highest BCUT2D eigenvalue weighted by Crippen LogP contribution is 2.18. The average Bonchev–Trinajstić information content (AvgIpc) is 2.29. The second-order valence-electron chi connectivity index (χ2n) is 3.01. The van der Waals surface area contributed by atoms with Gasteiger partial charge in [-0.3, -0.25) is 9.59 Å². The van der Waals surface area contributed by atoms with Crippen LogP contribution in [0.3, 0.4) is 0 Å². The highest BCUT2D eigenvalue weighted by Gasteiger charge is 2.04. The maximum absolute atomic E-state index is 11.6. The van der Waals surface area contributed by atoms with Gasteiger partial charge in [-0.2, -0.15) is 0 Å². The molecule has 0 saturated heterocycles. The molecule has 0 spiro atoms. The number of benzene rings is 1. The fraction of sp³-hybridized carbons (Fsp3) is 0. The predicted molar refractivity (Wildman–Crippen MR) is 60.2 cm³/mol. The van der Waals surface area contributed by atoms with Crippen LogP contribution in [0.15, 0.2) is 38.3 Å². The van der Waals surface area contributed by atoms with Crippen LogP contribution in [0.25, 0.3) is 10.9 Å². The number of para-hydroxylation sites is 1. The molecule has 0 radical (unpaired) electrons. The van der Waals surface area contributed by atoms with Gasteiger partial charge >= 0.3 is 0 Å². The summed E-state index contributed by atoms with van der Waals surface area (Å²) in [5.74, 6) is -0.580. The van der Waals surface area contributed by atoms with Gasteiger partial charge in [-0.05, 0) is 28.1 Å². The summed E-state index contributed by atoms with van der Waals surface area (Å²) in [5.41, 5.74) is -0.705. The maximum Gasteiger partial charge on any atom is 0.290 e. The summed E-state index contributed by atoms with van der Waals surface area (Å²) in [6.45, 7) is 0. The zero-order valence-electron chi connectivity index (χ0n) is 7.45. The summed E-state index contributed by atoms with van der Waals surface area (Å²) in [6, 6.07) is 5.88. The molecule has 0 saturated carbocycles.